The molecule has 0 unspecified atom stereocenters. The van der Waals surface area contributed by atoms with Crippen LogP contribution in [0.5, 0.6) is 0 Å². The van der Waals surface area contributed by atoms with Crippen molar-refractivity contribution in [1.29, 1.82) is 0 Å². The summed E-state index contributed by atoms with van der Waals surface area (Å²) in [5.74, 6) is 0.589. The van der Waals surface area contributed by atoms with E-state index in [0.29, 0.717) is 12.0 Å². The van der Waals surface area contributed by atoms with Crippen molar-refractivity contribution in [2.75, 3.05) is 0 Å². The molecule has 2 rings (SSSR count). The van der Waals surface area contributed by atoms with Crippen molar-refractivity contribution in [3.05, 3.63) is 59.7 Å². The van der Waals surface area contributed by atoms with Gasteiger partial charge < -0.3 is 5.32 Å². The van der Waals surface area contributed by atoms with Gasteiger partial charge in [-0.2, -0.15) is 0 Å². The molecule has 0 aliphatic carbocycles. The minimum atomic E-state index is 0.508. The normalized spacial score (nSPS) is 11.3. The Labute approximate surface area is 133 Å². The molecule has 0 saturated carbocycles. The lowest BCUT2D eigenvalue weighted by molar-refractivity contribution is 0.585. The van der Waals surface area contributed by atoms with Crippen molar-refractivity contribution in [2.45, 2.75) is 56.0 Å². The van der Waals surface area contributed by atoms with Crippen LogP contribution in [-0.4, -0.2) is 6.04 Å². The van der Waals surface area contributed by atoms with Gasteiger partial charge in [0.1, 0.15) is 0 Å². The largest absolute Gasteiger partial charge is 0.310 e. The van der Waals surface area contributed by atoms with E-state index in [1.165, 1.54) is 20.9 Å². The standard InChI is InChI=1S/C19H25NS/c1-14(2)16-9-11-18(12-10-16)21-19-8-6-5-7-17(19)13-20-15(3)4/h5-12,14-15,20H,13H2,1-4H3. The molecule has 2 aromatic carbocycles. The number of benzene rings is 2. The van der Waals surface area contributed by atoms with Gasteiger partial charge >= 0.3 is 0 Å². The molecule has 1 nitrogen and oxygen atoms in total. The van der Waals surface area contributed by atoms with E-state index < -0.39 is 0 Å². The van der Waals surface area contributed by atoms with Crippen LogP contribution in [0.2, 0.25) is 0 Å². The molecule has 0 saturated heterocycles. The third-order valence-corrected chi connectivity index (χ3v) is 4.57. The van der Waals surface area contributed by atoms with Crippen LogP contribution in [0.15, 0.2) is 58.3 Å². The SMILES string of the molecule is CC(C)NCc1ccccc1Sc1ccc(C(C)C)cc1. The van der Waals surface area contributed by atoms with Crippen molar-refractivity contribution in [3.8, 4) is 0 Å². The Hall–Kier alpha value is -1.25. The van der Waals surface area contributed by atoms with Gasteiger partial charge in [0, 0.05) is 22.4 Å². The molecular weight excluding hydrogens is 274 g/mol. The molecule has 112 valence electrons. The zero-order valence-electron chi connectivity index (χ0n) is 13.4. The molecule has 0 aliphatic rings. The van der Waals surface area contributed by atoms with Gasteiger partial charge in [0.25, 0.3) is 0 Å². The molecular formula is C19H25NS. The molecule has 0 aromatic heterocycles. The quantitative estimate of drug-likeness (QED) is 0.760. The van der Waals surface area contributed by atoms with Crippen LogP contribution >= 0.6 is 11.8 Å². The molecule has 0 fully saturated rings. The summed E-state index contributed by atoms with van der Waals surface area (Å²) >= 11 is 1.85. The zero-order valence-corrected chi connectivity index (χ0v) is 14.2. The summed E-state index contributed by atoms with van der Waals surface area (Å²) in [4.78, 5) is 2.64. The Morgan fingerprint density at radius 1 is 0.905 bits per heavy atom. The summed E-state index contributed by atoms with van der Waals surface area (Å²) in [6, 6.07) is 18.1. The molecule has 1 N–H and O–H groups in total. The molecule has 0 bridgehead atoms. The molecule has 2 aromatic rings. The van der Waals surface area contributed by atoms with Gasteiger partial charge in [-0.1, -0.05) is 69.8 Å². The smallest absolute Gasteiger partial charge is 0.0219 e. The maximum absolute atomic E-state index is 3.50. The topological polar surface area (TPSA) is 12.0 Å². The number of hydrogen-bond donors (Lipinski definition) is 1. The molecule has 0 radical (unpaired) electrons. The average molecular weight is 299 g/mol. The highest BCUT2D eigenvalue weighted by atomic mass is 32.2. The van der Waals surface area contributed by atoms with Crippen LogP contribution in [0.1, 0.15) is 44.7 Å². The van der Waals surface area contributed by atoms with Crippen LogP contribution in [0.3, 0.4) is 0 Å². The Morgan fingerprint density at radius 2 is 1.57 bits per heavy atom. The first-order valence-electron chi connectivity index (χ1n) is 7.65. The van der Waals surface area contributed by atoms with E-state index in [1.54, 1.807) is 0 Å². The van der Waals surface area contributed by atoms with Crippen molar-refractivity contribution < 1.29 is 0 Å². The predicted octanol–water partition coefficient (Wildman–Crippen LogP) is 5.46. The van der Waals surface area contributed by atoms with Crippen molar-refractivity contribution in [3.63, 3.8) is 0 Å². The fourth-order valence-electron chi connectivity index (χ4n) is 2.11. The second kappa shape index (κ2) is 7.67. The van der Waals surface area contributed by atoms with Crippen LogP contribution < -0.4 is 5.32 Å². The minimum absolute atomic E-state index is 0.508. The molecule has 2 heteroatoms. The van der Waals surface area contributed by atoms with E-state index in [-0.39, 0.29) is 0 Å². The Kier molecular flexibility index (Phi) is 5.89. The molecule has 21 heavy (non-hydrogen) atoms. The van der Waals surface area contributed by atoms with Gasteiger partial charge in [-0.25, -0.2) is 0 Å². The van der Waals surface area contributed by atoms with Gasteiger partial charge in [-0.15, -0.1) is 0 Å². The molecule has 0 heterocycles. The highest BCUT2D eigenvalue weighted by molar-refractivity contribution is 7.99. The minimum Gasteiger partial charge on any atom is -0.310 e. The highest BCUT2D eigenvalue weighted by Crippen LogP contribution is 2.31. The van der Waals surface area contributed by atoms with E-state index in [1.807, 2.05) is 11.8 Å². The molecule has 0 atom stereocenters. The second-order valence-corrected chi connectivity index (χ2v) is 7.08. The Balaban J connectivity index is 2.11. The number of rotatable bonds is 6. The van der Waals surface area contributed by atoms with Gasteiger partial charge in [-0.3, -0.25) is 0 Å². The Morgan fingerprint density at radius 3 is 2.19 bits per heavy atom. The third-order valence-electron chi connectivity index (χ3n) is 3.45. The second-order valence-electron chi connectivity index (χ2n) is 5.97. The van der Waals surface area contributed by atoms with Crippen molar-refractivity contribution >= 4 is 11.8 Å². The van der Waals surface area contributed by atoms with Crippen LogP contribution in [0.4, 0.5) is 0 Å². The summed E-state index contributed by atoms with van der Waals surface area (Å²) in [6.45, 7) is 9.75. The summed E-state index contributed by atoms with van der Waals surface area (Å²) in [5, 5.41) is 3.50. The lowest BCUT2D eigenvalue weighted by Crippen LogP contribution is -2.22. The van der Waals surface area contributed by atoms with Crippen molar-refractivity contribution in [2.24, 2.45) is 0 Å². The number of hydrogen-bond acceptors (Lipinski definition) is 2. The first kappa shape index (κ1) is 16.1. The zero-order chi connectivity index (χ0) is 15.2. The fourth-order valence-corrected chi connectivity index (χ4v) is 3.06. The van der Waals surface area contributed by atoms with E-state index >= 15 is 0 Å². The van der Waals surface area contributed by atoms with E-state index in [9.17, 15) is 0 Å². The first-order valence-corrected chi connectivity index (χ1v) is 8.47. The van der Waals surface area contributed by atoms with Crippen LogP contribution in [0.25, 0.3) is 0 Å². The maximum Gasteiger partial charge on any atom is 0.0219 e. The lowest BCUT2D eigenvalue weighted by Gasteiger charge is -2.13. The summed E-state index contributed by atoms with van der Waals surface area (Å²) in [5.41, 5.74) is 2.76. The van der Waals surface area contributed by atoms with Crippen molar-refractivity contribution in [1.82, 2.24) is 5.32 Å². The van der Waals surface area contributed by atoms with Crippen LogP contribution in [-0.2, 0) is 6.54 Å². The molecule has 0 aliphatic heterocycles. The monoisotopic (exact) mass is 299 g/mol. The average Bonchev–Trinajstić information content (AvgIpc) is 2.47. The predicted molar refractivity (Wildman–Crippen MR) is 93.1 cm³/mol. The number of nitrogens with one attached hydrogen (secondary N) is 1. The third kappa shape index (κ3) is 4.90. The fraction of sp³-hybridized carbons (Fsp3) is 0.368. The molecule has 0 amide bonds. The Bertz CT molecular complexity index is 558. The lowest BCUT2D eigenvalue weighted by atomic mass is 10.0. The van der Waals surface area contributed by atoms with Gasteiger partial charge in [0.15, 0.2) is 0 Å². The van der Waals surface area contributed by atoms with Crippen LogP contribution in [0, 0.1) is 0 Å². The summed E-state index contributed by atoms with van der Waals surface area (Å²) in [6.07, 6.45) is 0. The van der Waals surface area contributed by atoms with E-state index in [2.05, 4.69) is 81.5 Å². The molecule has 0 spiro atoms. The van der Waals surface area contributed by atoms with E-state index in [4.69, 9.17) is 0 Å². The van der Waals surface area contributed by atoms with Gasteiger partial charge in [0.05, 0.1) is 0 Å². The summed E-state index contributed by atoms with van der Waals surface area (Å²) in [7, 11) is 0. The first-order chi connectivity index (χ1) is 10.1. The van der Waals surface area contributed by atoms with Gasteiger partial charge in [0.2, 0.25) is 0 Å². The summed E-state index contributed by atoms with van der Waals surface area (Å²) < 4.78 is 0. The van der Waals surface area contributed by atoms with Gasteiger partial charge in [-0.05, 0) is 35.2 Å². The maximum atomic E-state index is 3.50. The highest BCUT2D eigenvalue weighted by Gasteiger charge is 2.05. The van der Waals surface area contributed by atoms with E-state index in [0.717, 1.165) is 6.54 Å².